The number of halogens is 1. The SMILES string of the molecule is CCOc1ccc(CNCc2ccccc2OC)cc1Br. The molecule has 0 saturated carbocycles. The Morgan fingerprint density at radius 3 is 2.57 bits per heavy atom. The van der Waals surface area contributed by atoms with Gasteiger partial charge in [0.05, 0.1) is 18.2 Å². The molecule has 0 fully saturated rings. The number of benzene rings is 2. The molecule has 0 aliphatic rings. The molecule has 112 valence electrons. The van der Waals surface area contributed by atoms with Crippen molar-refractivity contribution in [2.45, 2.75) is 20.0 Å². The van der Waals surface area contributed by atoms with Crippen LogP contribution in [0.4, 0.5) is 0 Å². The highest BCUT2D eigenvalue weighted by molar-refractivity contribution is 9.10. The van der Waals surface area contributed by atoms with Crippen LogP contribution in [0.25, 0.3) is 0 Å². The van der Waals surface area contributed by atoms with Gasteiger partial charge in [-0.2, -0.15) is 0 Å². The van der Waals surface area contributed by atoms with Crippen LogP contribution in [-0.4, -0.2) is 13.7 Å². The molecule has 0 radical (unpaired) electrons. The highest BCUT2D eigenvalue weighted by atomic mass is 79.9. The van der Waals surface area contributed by atoms with Crippen LogP contribution in [0, 0.1) is 0 Å². The topological polar surface area (TPSA) is 30.5 Å². The molecule has 0 amide bonds. The van der Waals surface area contributed by atoms with Crippen molar-refractivity contribution < 1.29 is 9.47 Å². The van der Waals surface area contributed by atoms with Gasteiger partial charge in [0.15, 0.2) is 0 Å². The summed E-state index contributed by atoms with van der Waals surface area (Å²) in [6.45, 7) is 4.22. The fraction of sp³-hybridized carbons (Fsp3) is 0.294. The van der Waals surface area contributed by atoms with Crippen molar-refractivity contribution in [1.29, 1.82) is 0 Å². The first-order chi connectivity index (χ1) is 10.2. The summed E-state index contributed by atoms with van der Waals surface area (Å²) in [5.41, 5.74) is 2.37. The predicted octanol–water partition coefficient (Wildman–Crippen LogP) is 4.15. The zero-order chi connectivity index (χ0) is 15.1. The normalized spacial score (nSPS) is 10.4. The fourth-order valence-corrected chi connectivity index (χ4v) is 2.66. The summed E-state index contributed by atoms with van der Waals surface area (Å²) >= 11 is 3.53. The minimum absolute atomic E-state index is 0.671. The summed E-state index contributed by atoms with van der Waals surface area (Å²) in [6, 6.07) is 14.2. The molecule has 0 unspecified atom stereocenters. The first-order valence-corrected chi connectivity index (χ1v) is 7.77. The van der Waals surface area contributed by atoms with E-state index in [-0.39, 0.29) is 0 Å². The lowest BCUT2D eigenvalue weighted by molar-refractivity contribution is 0.338. The summed E-state index contributed by atoms with van der Waals surface area (Å²) in [5.74, 6) is 1.80. The van der Waals surface area contributed by atoms with Crippen molar-refractivity contribution in [3.05, 3.63) is 58.1 Å². The van der Waals surface area contributed by atoms with E-state index in [1.807, 2.05) is 31.2 Å². The minimum Gasteiger partial charge on any atom is -0.496 e. The third kappa shape index (κ3) is 4.48. The average molecular weight is 350 g/mol. The molecule has 0 aliphatic carbocycles. The molecular formula is C17H20BrNO2. The maximum absolute atomic E-state index is 5.51. The van der Waals surface area contributed by atoms with Crippen LogP contribution in [0.2, 0.25) is 0 Å². The van der Waals surface area contributed by atoms with Crippen LogP contribution >= 0.6 is 15.9 Å². The van der Waals surface area contributed by atoms with E-state index in [0.29, 0.717) is 6.61 Å². The number of ether oxygens (including phenoxy) is 2. The van der Waals surface area contributed by atoms with Gasteiger partial charge < -0.3 is 14.8 Å². The van der Waals surface area contributed by atoms with Gasteiger partial charge in [0.1, 0.15) is 11.5 Å². The van der Waals surface area contributed by atoms with Crippen LogP contribution in [0.5, 0.6) is 11.5 Å². The molecule has 2 aromatic carbocycles. The van der Waals surface area contributed by atoms with Gasteiger partial charge in [-0.15, -0.1) is 0 Å². The second-order valence-electron chi connectivity index (χ2n) is 4.61. The van der Waals surface area contributed by atoms with E-state index in [4.69, 9.17) is 9.47 Å². The molecule has 1 N–H and O–H groups in total. The van der Waals surface area contributed by atoms with Gasteiger partial charge in [0.2, 0.25) is 0 Å². The monoisotopic (exact) mass is 349 g/mol. The van der Waals surface area contributed by atoms with E-state index >= 15 is 0 Å². The number of rotatable bonds is 7. The number of hydrogen-bond donors (Lipinski definition) is 1. The lowest BCUT2D eigenvalue weighted by atomic mass is 10.2. The molecule has 2 aromatic rings. The zero-order valence-electron chi connectivity index (χ0n) is 12.4. The van der Waals surface area contributed by atoms with Crippen molar-refractivity contribution in [3.63, 3.8) is 0 Å². The Kier molecular flexibility index (Phi) is 6.08. The predicted molar refractivity (Wildman–Crippen MR) is 88.8 cm³/mol. The highest BCUT2D eigenvalue weighted by Gasteiger charge is 2.04. The molecule has 0 heterocycles. The van der Waals surface area contributed by atoms with Crippen LogP contribution in [-0.2, 0) is 13.1 Å². The number of nitrogens with one attached hydrogen (secondary N) is 1. The smallest absolute Gasteiger partial charge is 0.133 e. The maximum Gasteiger partial charge on any atom is 0.133 e. The summed E-state index contributed by atoms with van der Waals surface area (Å²) < 4.78 is 11.8. The van der Waals surface area contributed by atoms with Gasteiger partial charge in [0, 0.05) is 18.7 Å². The second-order valence-corrected chi connectivity index (χ2v) is 5.47. The number of para-hydroxylation sites is 1. The second kappa shape index (κ2) is 8.05. The van der Waals surface area contributed by atoms with E-state index in [9.17, 15) is 0 Å². The molecule has 0 saturated heterocycles. The van der Waals surface area contributed by atoms with E-state index < -0.39 is 0 Å². The molecule has 0 atom stereocenters. The lowest BCUT2D eigenvalue weighted by Gasteiger charge is -2.11. The van der Waals surface area contributed by atoms with Crippen LogP contribution in [0.15, 0.2) is 46.9 Å². The van der Waals surface area contributed by atoms with Crippen molar-refractivity contribution in [3.8, 4) is 11.5 Å². The molecule has 4 heteroatoms. The Balaban J connectivity index is 1.93. The molecular weight excluding hydrogens is 330 g/mol. The van der Waals surface area contributed by atoms with Crippen LogP contribution in [0.3, 0.4) is 0 Å². The van der Waals surface area contributed by atoms with E-state index in [2.05, 4.69) is 39.4 Å². The van der Waals surface area contributed by atoms with Gasteiger partial charge >= 0.3 is 0 Å². The minimum atomic E-state index is 0.671. The first kappa shape index (κ1) is 15.9. The largest absolute Gasteiger partial charge is 0.496 e. The number of methoxy groups -OCH3 is 1. The van der Waals surface area contributed by atoms with Crippen molar-refractivity contribution in [2.24, 2.45) is 0 Å². The summed E-state index contributed by atoms with van der Waals surface area (Å²) in [5, 5.41) is 3.43. The molecule has 0 bridgehead atoms. The van der Waals surface area contributed by atoms with Crippen molar-refractivity contribution in [2.75, 3.05) is 13.7 Å². The molecule has 3 nitrogen and oxygen atoms in total. The highest BCUT2D eigenvalue weighted by Crippen LogP contribution is 2.26. The molecule has 0 aliphatic heterocycles. The zero-order valence-corrected chi connectivity index (χ0v) is 13.9. The van der Waals surface area contributed by atoms with Crippen molar-refractivity contribution >= 4 is 15.9 Å². The van der Waals surface area contributed by atoms with Gasteiger partial charge in [-0.3, -0.25) is 0 Å². The third-order valence-electron chi connectivity index (χ3n) is 3.13. The quantitative estimate of drug-likeness (QED) is 0.814. The Morgan fingerprint density at radius 2 is 1.86 bits per heavy atom. The Bertz CT molecular complexity index is 587. The number of hydrogen-bond acceptors (Lipinski definition) is 3. The molecule has 0 aromatic heterocycles. The first-order valence-electron chi connectivity index (χ1n) is 6.98. The van der Waals surface area contributed by atoms with E-state index in [1.54, 1.807) is 7.11 Å². The van der Waals surface area contributed by atoms with Crippen LogP contribution in [0.1, 0.15) is 18.1 Å². The van der Waals surface area contributed by atoms with E-state index in [0.717, 1.165) is 34.6 Å². The third-order valence-corrected chi connectivity index (χ3v) is 3.75. The van der Waals surface area contributed by atoms with Gasteiger partial charge in [-0.25, -0.2) is 0 Å². The summed E-state index contributed by atoms with van der Waals surface area (Å²) in [7, 11) is 1.70. The molecule has 21 heavy (non-hydrogen) atoms. The van der Waals surface area contributed by atoms with Gasteiger partial charge in [0.25, 0.3) is 0 Å². The Labute approximate surface area is 134 Å². The fourth-order valence-electron chi connectivity index (χ4n) is 2.12. The average Bonchev–Trinajstić information content (AvgIpc) is 2.50. The Morgan fingerprint density at radius 1 is 1.05 bits per heavy atom. The molecule has 0 spiro atoms. The summed E-state index contributed by atoms with van der Waals surface area (Å²) in [6.07, 6.45) is 0. The maximum atomic E-state index is 5.51. The summed E-state index contributed by atoms with van der Waals surface area (Å²) in [4.78, 5) is 0. The Hall–Kier alpha value is -1.52. The van der Waals surface area contributed by atoms with Gasteiger partial charge in [-0.1, -0.05) is 24.3 Å². The van der Waals surface area contributed by atoms with Crippen LogP contribution < -0.4 is 14.8 Å². The van der Waals surface area contributed by atoms with E-state index in [1.165, 1.54) is 5.56 Å². The van der Waals surface area contributed by atoms with Crippen molar-refractivity contribution in [1.82, 2.24) is 5.32 Å². The standard InChI is InChI=1S/C17H20BrNO2/c1-3-21-17-9-8-13(10-15(17)18)11-19-12-14-6-4-5-7-16(14)20-2/h4-10,19H,3,11-12H2,1-2H3. The van der Waals surface area contributed by atoms with Gasteiger partial charge in [-0.05, 0) is 46.6 Å². The molecule has 2 rings (SSSR count). The lowest BCUT2D eigenvalue weighted by Crippen LogP contribution is -2.13.